The Morgan fingerprint density at radius 1 is 1.26 bits per heavy atom. The molecule has 0 aliphatic heterocycles. The maximum atomic E-state index is 11.9. The minimum absolute atomic E-state index is 0.0479. The molecule has 19 heavy (non-hydrogen) atoms. The Hall–Kier alpha value is -2.55. The van der Waals surface area contributed by atoms with Gasteiger partial charge in [-0.2, -0.15) is 13.5 Å². The van der Waals surface area contributed by atoms with Crippen molar-refractivity contribution in [1.82, 2.24) is 15.2 Å². The van der Waals surface area contributed by atoms with Gasteiger partial charge in [0.15, 0.2) is 10.6 Å². The van der Waals surface area contributed by atoms with Crippen molar-refractivity contribution in [3.63, 3.8) is 0 Å². The molecular weight excluding hydrogens is 272 g/mol. The summed E-state index contributed by atoms with van der Waals surface area (Å²) in [6.45, 7) is 0. The number of H-pyrrole nitrogens is 2. The van der Waals surface area contributed by atoms with Crippen LogP contribution in [0.1, 0.15) is 0 Å². The van der Waals surface area contributed by atoms with Gasteiger partial charge in [-0.05, 0) is 24.3 Å². The van der Waals surface area contributed by atoms with Crippen molar-refractivity contribution >= 4 is 26.8 Å². The number of rotatable bonds is 3. The standard InChI is InChI=1S/C10H8N4O4S/c15-10-12-7-5-6(1-2-8(7)18-10)14-19(16,17)9-3-4-11-13-9/h1-5,14H,(H,11,13)(H,12,15). The normalized spacial score (nSPS) is 11.8. The number of nitrogens with one attached hydrogen (secondary N) is 3. The Morgan fingerprint density at radius 2 is 2.11 bits per heavy atom. The number of fused-ring (bicyclic) bond motifs is 1. The predicted octanol–water partition coefficient (Wildman–Crippen LogP) is 0.645. The summed E-state index contributed by atoms with van der Waals surface area (Å²) in [6, 6.07) is 5.79. The van der Waals surface area contributed by atoms with Crippen LogP contribution in [-0.2, 0) is 10.0 Å². The van der Waals surface area contributed by atoms with Crippen LogP contribution in [0, 0.1) is 0 Å². The van der Waals surface area contributed by atoms with Gasteiger partial charge < -0.3 is 4.42 Å². The number of aromatic amines is 2. The molecule has 2 aromatic heterocycles. The van der Waals surface area contributed by atoms with Crippen molar-refractivity contribution in [2.45, 2.75) is 5.03 Å². The van der Waals surface area contributed by atoms with Crippen LogP contribution in [0.15, 0.2) is 44.7 Å². The highest BCUT2D eigenvalue weighted by Gasteiger charge is 2.15. The third-order valence-electron chi connectivity index (χ3n) is 2.44. The zero-order chi connectivity index (χ0) is 13.5. The molecule has 3 N–H and O–H groups in total. The van der Waals surface area contributed by atoms with Crippen LogP contribution in [-0.4, -0.2) is 23.6 Å². The summed E-state index contributed by atoms with van der Waals surface area (Å²) in [4.78, 5) is 13.4. The summed E-state index contributed by atoms with van der Waals surface area (Å²) in [5.74, 6) is -0.594. The summed E-state index contributed by atoms with van der Waals surface area (Å²) in [5.41, 5.74) is 1.07. The van der Waals surface area contributed by atoms with E-state index < -0.39 is 15.8 Å². The van der Waals surface area contributed by atoms with Gasteiger partial charge in [-0.15, -0.1) is 0 Å². The molecular formula is C10H8N4O4S. The molecule has 0 amide bonds. The van der Waals surface area contributed by atoms with E-state index in [0.29, 0.717) is 16.8 Å². The molecule has 98 valence electrons. The van der Waals surface area contributed by atoms with E-state index in [4.69, 9.17) is 4.42 Å². The highest BCUT2D eigenvalue weighted by Crippen LogP contribution is 2.18. The molecule has 0 radical (unpaired) electrons. The fourth-order valence-corrected chi connectivity index (χ4v) is 2.58. The van der Waals surface area contributed by atoms with Crippen molar-refractivity contribution in [3.8, 4) is 0 Å². The topological polar surface area (TPSA) is 121 Å². The third-order valence-corrected chi connectivity index (χ3v) is 3.75. The zero-order valence-corrected chi connectivity index (χ0v) is 10.2. The molecule has 2 heterocycles. The molecule has 0 aliphatic rings. The molecule has 0 unspecified atom stereocenters. The number of benzene rings is 1. The van der Waals surface area contributed by atoms with Gasteiger partial charge in [0.2, 0.25) is 0 Å². The SMILES string of the molecule is O=c1[nH]c2cc(NS(=O)(=O)c3ccn[nH]3)ccc2o1. The molecule has 1 aromatic carbocycles. The molecule has 0 spiro atoms. The number of aromatic nitrogens is 3. The average molecular weight is 280 g/mol. The molecule has 3 rings (SSSR count). The van der Waals surface area contributed by atoms with Gasteiger partial charge in [0.1, 0.15) is 0 Å². The predicted molar refractivity (Wildman–Crippen MR) is 66.2 cm³/mol. The van der Waals surface area contributed by atoms with E-state index in [-0.39, 0.29) is 5.03 Å². The molecule has 0 saturated carbocycles. The zero-order valence-electron chi connectivity index (χ0n) is 9.38. The minimum atomic E-state index is -3.72. The lowest BCUT2D eigenvalue weighted by Crippen LogP contribution is -2.13. The summed E-state index contributed by atoms with van der Waals surface area (Å²) in [7, 11) is -3.72. The van der Waals surface area contributed by atoms with Gasteiger partial charge in [-0.25, -0.2) is 4.79 Å². The van der Waals surface area contributed by atoms with Crippen LogP contribution < -0.4 is 10.5 Å². The van der Waals surface area contributed by atoms with Crippen LogP contribution in [0.2, 0.25) is 0 Å². The number of anilines is 1. The fraction of sp³-hybridized carbons (Fsp3) is 0. The Labute approximate surface area is 106 Å². The first-order valence-corrected chi connectivity index (χ1v) is 6.68. The van der Waals surface area contributed by atoms with Gasteiger partial charge in [0.25, 0.3) is 10.0 Å². The quantitative estimate of drug-likeness (QED) is 0.650. The molecule has 0 atom stereocenters. The summed E-state index contributed by atoms with van der Waals surface area (Å²) >= 11 is 0. The van der Waals surface area contributed by atoms with Crippen LogP contribution in [0.4, 0.5) is 5.69 Å². The van der Waals surface area contributed by atoms with E-state index >= 15 is 0 Å². The highest BCUT2D eigenvalue weighted by atomic mass is 32.2. The number of oxazole rings is 1. The van der Waals surface area contributed by atoms with E-state index in [0.717, 1.165) is 0 Å². The van der Waals surface area contributed by atoms with E-state index in [2.05, 4.69) is 19.9 Å². The largest absolute Gasteiger partial charge is 0.417 e. The van der Waals surface area contributed by atoms with Crippen molar-refractivity contribution in [3.05, 3.63) is 41.0 Å². The fourth-order valence-electron chi connectivity index (χ4n) is 1.62. The van der Waals surface area contributed by atoms with Gasteiger partial charge in [-0.3, -0.25) is 14.8 Å². The van der Waals surface area contributed by atoms with E-state index in [1.54, 1.807) is 0 Å². The van der Waals surface area contributed by atoms with Gasteiger partial charge in [-0.1, -0.05) is 0 Å². The van der Waals surface area contributed by atoms with Crippen LogP contribution in [0.25, 0.3) is 11.1 Å². The van der Waals surface area contributed by atoms with Gasteiger partial charge >= 0.3 is 5.76 Å². The molecule has 3 aromatic rings. The van der Waals surface area contributed by atoms with Crippen LogP contribution in [0.5, 0.6) is 0 Å². The monoisotopic (exact) mass is 280 g/mol. The van der Waals surface area contributed by atoms with Gasteiger partial charge in [0, 0.05) is 0 Å². The van der Waals surface area contributed by atoms with Crippen molar-refractivity contribution in [2.24, 2.45) is 0 Å². The second-order valence-corrected chi connectivity index (χ2v) is 5.40. The van der Waals surface area contributed by atoms with Crippen molar-refractivity contribution in [2.75, 3.05) is 4.72 Å². The molecule has 0 saturated heterocycles. The second-order valence-electron chi connectivity index (χ2n) is 3.75. The number of hydrogen-bond acceptors (Lipinski definition) is 5. The average Bonchev–Trinajstić information content (AvgIpc) is 2.95. The third kappa shape index (κ3) is 2.10. The van der Waals surface area contributed by atoms with E-state index in [1.807, 2.05) is 0 Å². The van der Waals surface area contributed by atoms with Gasteiger partial charge in [0.05, 0.1) is 17.4 Å². The number of sulfonamides is 1. The number of hydrogen-bond donors (Lipinski definition) is 3. The van der Waals surface area contributed by atoms with Crippen LogP contribution in [0.3, 0.4) is 0 Å². The molecule has 9 heteroatoms. The minimum Gasteiger partial charge on any atom is -0.408 e. The Kier molecular flexibility index (Phi) is 2.42. The van der Waals surface area contributed by atoms with E-state index in [9.17, 15) is 13.2 Å². The summed E-state index contributed by atoms with van der Waals surface area (Å²) in [6.07, 6.45) is 1.34. The first-order chi connectivity index (χ1) is 9.04. The molecule has 8 nitrogen and oxygen atoms in total. The lowest BCUT2D eigenvalue weighted by Gasteiger charge is -2.05. The summed E-state index contributed by atoms with van der Waals surface area (Å²) < 4.78 is 31.0. The van der Waals surface area contributed by atoms with Crippen molar-refractivity contribution in [1.29, 1.82) is 0 Å². The molecule has 0 aliphatic carbocycles. The van der Waals surface area contributed by atoms with E-state index in [1.165, 1.54) is 30.5 Å². The first-order valence-electron chi connectivity index (χ1n) is 5.20. The summed E-state index contributed by atoms with van der Waals surface area (Å²) in [5, 5.41) is 5.89. The number of nitrogens with zero attached hydrogens (tertiary/aromatic N) is 1. The first kappa shape index (κ1) is 11.5. The smallest absolute Gasteiger partial charge is 0.408 e. The highest BCUT2D eigenvalue weighted by molar-refractivity contribution is 7.92. The molecule has 0 fully saturated rings. The van der Waals surface area contributed by atoms with Crippen LogP contribution >= 0.6 is 0 Å². The van der Waals surface area contributed by atoms with Crippen molar-refractivity contribution < 1.29 is 12.8 Å². The lowest BCUT2D eigenvalue weighted by atomic mass is 10.3. The Balaban J connectivity index is 1.99. The lowest BCUT2D eigenvalue weighted by molar-refractivity contribution is 0.555. The Bertz CT molecular complexity index is 876. The Morgan fingerprint density at radius 3 is 2.84 bits per heavy atom. The maximum Gasteiger partial charge on any atom is 0.417 e. The maximum absolute atomic E-state index is 11.9. The molecule has 0 bridgehead atoms. The second kappa shape index (κ2) is 3.99.